The van der Waals surface area contributed by atoms with Crippen molar-refractivity contribution in [1.82, 2.24) is 9.97 Å². The van der Waals surface area contributed by atoms with Crippen LogP contribution in [0.15, 0.2) is 18.5 Å². The number of nitrogen functional groups attached to an aromatic ring is 2. The molecule has 5 nitrogen and oxygen atoms in total. The fraction of sp³-hybridized carbons (Fsp3) is 0.182. The first kappa shape index (κ1) is 12.5. The zero-order valence-electron chi connectivity index (χ0n) is 9.50. The minimum atomic E-state index is -0.631. The lowest BCUT2D eigenvalue weighted by Crippen LogP contribution is -2.10. The highest BCUT2D eigenvalue weighted by molar-refractivity contribution is 6.33. The molecule has 2 rings (SSSR count). The summed E-state index contributed by atoms with van der Waals surface area (Å²) in [6.07, 6.45) is 4.00. The highest BCUT2D eigenvalue weighted by atomic mass is 35.5. The van der Waals surface area contributed by atoms with Gasteiger partial charge in [0.05, 0.1) is 17.1 Å². The molecule has 96 valence electrons. The van der Waals surface area contributed by atoms with Gasteiger partial charge in [0, 0.05) is 25.4 Å². The number of nitrogens with zero attached hydrogens (tertiary/aromatic N) is 1. The molecule has 0 spiro atoms. The Morgan fingerprint density at radius 1 is 1.39 bits per heavy atom. The van der Waals surface area contributed by atoms with Crippen molar-refractivity contribution in [2.75, 3.05) is 23.3 Å². The number of hydrogen-bond acceptors (Lipinski definition) is 4. The molecule has 0 amide bonds. The van der Waals surface area contributed by atoms with Crippen molar-refractivity contribution in [3.63, 3.8) is 0 Å². The number of nitrogens with one attached hydrogen (secondary N) is 2. The molecule has 1 aromatic heterocycles. The van der Waals surface area contributed by atoms with Crippen molar-refractivity contribution >= 4 is 28.7 Å². The van der Waals surface area contributed by atoms with E-state index in [2.05, 4.69) is 15.3 Å². The van der Waals surface area contributed by atoms with Crippen LogP contribution in [0.1, 0.15) is 5.82 Å². The number of imidazole rings is 1. The molecule has 0 unspecified atom stereocenters. The summed E-state index contributed by atoms with van der Waals surface area (Å²) in [5.41, 5.74) is 11.7. The van der Waals surface area contributed by atoms with Crippen LogP contribution in [0, 0.1) is 5.82 Å². The van der Waals surface area contributed by atoms with E-state index in [-0.39, 0.29) is 22.1 Å². The molecule has 0 aliphatic rings. The van der Waals surface area contributed by atoms with Crippen LogP contribution in [0.25, 0.3) is 0 Å². The number of halogens is 2. The van der Waals surface area contributed by atoms with E-state index in [9.17, 15) is 4.39 Å². The largest absolute Gasteiger partial charge is 0.397 e. The minimum absolute atomic E-state index is 0.121. The molecule has 0 saturated carbocycles. The summed E-state index contributed by atoms with van der Waals surface area (Å²) >= 11 is 5.72. The van der Waals surface area contributed by atoms with Crippen LogP contribution >= 0.6 is 11.6 Å². The van der Waals surface area contributed by atoms with E-state index < -0.39 is 5.82 Å². The van der Waals surface area contributed by atoms with E-state index in [1.807, 2.05) is 0 Å². The molecular weight excluding hydrogens is 257 g/mol. The molecule has 0 radical (unpaired) electrons. The second-order valence-corrected chi connectivity index (χ2v) is 4.15. The molecule has 0 aliphatic heterocycles. The Bertz CT molecular complexity index is 541. The van der Waals surface area contributed by atoms with E-state index in [1.165, 1.54) is 6.07 Å². The van der Waals surface area contributed by atoms with Gasteiger partial charge < -0.3 is 21.8 Å². The molecule has 0 aliphatic carbocycles. The average molecular weight is 270 g/mol. The van der Waals surface area contributed by atoms with Crippen LogP contribution in [0.2, 0.25) is 5.02 Å². The first-order chi connectivity index (χ1) is 8.59. The molecule has 7 heteroatoms. The second-order valence-electron chi connectivity index (χ2n) is 3.77. The summed E-state index contributed by atoms with van der Waals surface area (Å²) in [6.45, 7) is 0.481. The second kappa shape index (κ2) is 5.14. The summed E-state index contributed by atoms with van der Waals surface area (Å²) in [5, 5.41) is 2.77. The van der Waals surface area contributed by atoms with Gasteiger partial charge in [0.25, 0.3) is 0 Å². The molecule has 1 aromatic carbocycles. The quantitative estimate of drug-likeness (QED) is 0.639. The Balaban J connectivity index is 2.07. The van der Waals surface area contributed by atoms with E-state index in [1.54, 1.807) is 12.4 Å². The SMILES string of the molecule is Nc1cc(N)c(NCCc2ncc[nH]2)c(F)c1Cl. The maximum atomic E-state index is 13.8. The first-order valence-electron chi connectivity index (χ1n) is 5.34. The number of anilines is 3. The van der Waals surface area contributed by atoms with E-state index in [4.69, 9.17) is 23.1 Å². The number of rotatable bonds is 4. The van der Waals surface area contributed by atoms with Crippen LogP contribution < -0.4 is 16.8 Å². The number of H-pyrrole nitrogens is 1. The molecule has 0 bridgehead atoms. The zero-order chi connectivity index (χ0) is 13.1. The molecular formula is C11H13ClFN5. The Hall–Kier alpha value is -1.95. The predicted molar refractivity (Wildman–Crippen MR) is 71.0 cm³/mol. The summed E-state index contributed by atoms with van der Waals surface area (Å²) in [5.74, 6) is 0.177. The molecule has 6 N–H and O–H groups in total. The summed E-state index contributed by atoms with van der Waals surface area (Å²) in [4.78, 5) is 7.01. The fourth-order valence-electron chi connectivity index (χ4n) is 1.59. The van der Waals surface area contributed by atoms with Gasteiger partial charge in [-0.05, 0) is 6.07 Å². The third kappa shape index (κ3) is 2.48. The van der Waals surface area contributed by atoms with E-state index in [0.29, 0.717) is 13.0 Å². The highest BCUT2D eigenvalue weighted by Crippen LogP contribution is 2.33. The Morgan fingerprint density at radius 3 is 2.83 bits per heavy atom. The van der Waals surface area contributed by atoms with Gasteiger partial charge in [-0.25, -0.2) is 9.37 Å². The van der Waals surface area contributed by atoms with Crippen molar-refractivity contribution in [1.29, 1.82) is 0 Å². The lowest BCUT2D eigenvalue weighted by atomic mass is 10.2. The summed E-state index contributed by atoms with van der Waals surface area (Å²) < 4.78 is 13.8. The van der Waals surface area contributed by atoms with Crippen molar-refractivity contribution in [3.05, 3.63) is 35.1 Å². The number of aromatic nitrogens is 2. The monoisotopic (exact) mass is 269 g/mol. The third-order valence-electron chi connectivity index (χ3n) is 2.48. The molecule has 1 heterocycles. The van der Waals surface area contributed by atoms with E-state index >= 15 is 0 Å². The molecule has 0 atom stereocenters. The van der Waals surface area contributed by atoms with Crippen molar-refractivity contribution in [2.24, 2.45) is 0 Å². The van der Waals surface area contributed by atoms with Crippen LogP contribution in [0.5, 0.6) is 0 Å². The predicted octanol–water partition coefficient (Wildman–Crippen LogP) is 2.02. The van der Waals surface area contributed by atoms with Crippen molar-refractivity contribution in [3.8, 4) is 0 Å². The standard InChI is InChI=1S/C11H13ClFN5/c12-9-6(14)5-7(15)11(10(9)13)18-2-1-8-16-3-4-17-8/h3-5,18H,1-2,14-15H2,(H,16,17). The summed E-state index contributed by atoms with van der Waals surface area (Å²) in [7, 11) is 0. The fourth-order valence-corrected chi connectivity index (χ4v) is 1.74. The van der Waals surface area contributed by atoms with Crippen LogP contribution in [0.4, 0.5) is 21.5 Å². The third-order valence-corrected chi connectivity index (χ3v) is 2.87. The van der Waals surface area contributed by atoms with Crippen LogP contribution in [-0.4, -0.2) is 16.5 Å². The van der Waals surface area contributed by atoms with Crippen LogP contribution in [0.3, 0.4) is 0 Å². The number of benzene rings is 1. The minimum Gasteiger partial charge on any atom is -0.397 e. The molecule has 18 heavy (non-hydrogen) atoms. The zero-order valence-corrected chi connectivity index (χ0v) is 10.3. The van der Waals surface area contributed by atoms with E-state index in [0.717, 1.165) is 5.82 Å². The first-order valence-corrected chi connectivity index (χ1v) is 5.72. The summed E-state index contributed by atoms with van der Waals surface area (Å²) in [6, 6.07) is 1.43. The van der Waals surface area contributed by atoms with Gasteiger partial charge >= 0.3 is 0 Å². The lowest BCUT2D eigenvalue weighted by molar-refractivity contribution is 0.631. The number of nitrogens with two attached hydrogens (primary N) is 2. The molecule has 0 saturated heterocycles. The Kier molecular flexibility index (Phi) is 3.57. The maximum absolute atomic E-state index is 13.8. The van der Waals surface area contributed by atoms with Gasteiger partial charge in [0.1, 0.15) is 10.8 Å². The van der Waals surface area contributed by atoms with Crippen molar-refractivity contribution < 1.29 is 4.39 Å². The van der Waals surface area contributed by atoms with Crippen LogP contribution in [-0.2, 0) is 6.42 Å². The normalized spacial score (nSPS) is 10.6. The molecule has 2 aromatic rings. The van der Waals surface area contributed by atoms with Gasteiger partial charge in [-0.1, -0.05) is 11.6 Å². The highest BCUT2D eigenvalue weighted by Gasteiger charge is 2.13. The average Bonchev–Trinajstić information content (AvgIpc) is 2.84. The number of hydrogen-bond donors (Lipinski definition) is 4. The Labute approximate surface area is 108 Å². The van der Waals surface area contributed by atoms with Gasteiger partial charge in [-0.15, -0.1) is 0 Å². The van der Waals surface area contributed by atoms with Crippen molar-refractivity contribution in [2.45, 2.75) is 6.42 Å². The maximum Gasteiger partial charge on any atom is 0.169 e. The van der Waals surface area contributed by atoms with Gasteiger partial charge in [0.2, 0.25) is 0 Å². The van der Waals surface area contributed by atoms with Gasteiger partial charge in [-0.2, -0.15) is 0 Å². The topological polar surface area (TPSA) is 92.8 Å². The van der Waals surface area contributed by atoms with Gasteiger partial charge in [-0.3, -0.25) is 0 Å². The molecule has 0 fully saturated rings. The number of aromatic amines is 1. The Morgan fingerprint density at radius 2 is 2.17 bits per heavy atom. The lowest BCUT2D eigenvalue weighted by Gasteiger charge is -2.12. The smallest absolute Gasteiger partial charge is 0.169 e. The van der Waals surface area contributed by atoms with Gasteiger partial charge in [0.15, 0.2) is 5.82 Å².